The normalized spacial score (nSPS) is 11.2. The van der Waals surface area contributed by atoms with E-state index in [1.165, 1.54) is 30.3 Å². The van der Waals surface area contributed by atoms with Gasteiger partial charge in [-0.25, -0.2) is 9.59 Å². The first kappa shape index (κ1) is 19.2. The molecule has 1 aromatic rings. The van der Waals surface area contributed by atoms with Gasteiger partial charge in [0.1, 0.15) is 6.61 Å². The molecule has 0 bridgehead atoms. The fourth-order valence-electron chi connectivity index (χ4n) is 1.76. The number of carboxylic acid groups (broad SMARTS) is 1. The maximum absolute atomic E-state index is 11.9. The molecule has 1 atom stereocenters. The van der Waals surface area contributed by atoms with Gasteiger partial charge in [0.2, 0.25) is 5.91 Å². The van der Waals surface area contributed by atoms with E-state index in [9.17, 15) is 14.4 Å². The van der Waals surface area contributed by atoms with Crippen LogP contribution < -0.4 is 16.4 Å². The molecular weight excluding hydrogens is 314 g/mol. The third-order valence-electron chi connectivity index (χ3n) is 3.03. The second-order valence-electron chi connectivity index (χ2n) is 4.93. The Hall–Kier alpha value is -2.87. The topological polar surface area (TPSA) is 131 Å². The fraction of sp³-hybridized carbons (Fsp3) is 0.312. The van der Waals surface area contributed by atoms with Crippen LogP contribution in [0.2, 0.25) is 0 Å². The number of alkyl carbamates (subject to hydrolysis) is 1. The largest absolute Gasteiger partial charge is 0.478 e. The van der Waals surface area contributed by atoms with Crippen LogP contribution in [0, 0.1) is 0 Å². The van der Waals surface area contributed by atoms with Crippen molar-refractivity contribution in [3.05, 3.63) is 42.5 Å². The molecule has 0 fully saturated rings. The average Bonchev–Trinajstić information content (AvgIpc) is 2.57. The fourth-order valence-corrected chi connectivity index (χ4v) is 1.76. The van der Waals surface area contributed by atoms with Crippen LogP contribution >= 0.6 is 0 Å². The van der Waals surface area contributed by atoms with E-state index in [2.05, 4.69) is 17.2 Å². The zero-order valence-electron chi connectivity index (χ0n) is 13.2. The van der Waals surface area contributed by atoms with Gasteiger partial charge in [0.25, 0.3) is 0 Å². The Morgan fingerprint density at radius 2 is 1.96 bits per heavy atom. The van der Waals surface area contributed by atoms with Crippen molar-refractivity contribution in [3.8, 4) is 0 Å². The summed E-state index contributed by atoms with van der Waals surface area (Å²) in [6.45, 7) is 3.90. The number of carboxylic acids is 1. The summed E-state index contributed by atoms with van der Waals surface area (Å²) in [5.41, 5.74) is 6.37. The van der Waals surface area contributed by atoms with Crippen LogP contribution in [0.5, 0.6) is 0 Å². The molecule has 1 aromatic carbocycles. The number of aromatic carboxylic acids is 1. The molecule has 2 amide bonds. The molecule has 0 unspecified atom stereocenters. The van der Waals surface area contributed by atoms with Gasteiger partial charge in [-0.2, -0.15) is 0 Å². The van der Waals surface area contributed by atoms with Gasteiger partial charge in [0.05, 0.1) is 11.6 Å². The number of ether oxygens (including phenoxy) is 1. The Morgan fingerprint density at radius 1 is 1.29 bits per heavy atom. The van der Waals surface area contributed by atoms with Crippen molar-refractivity contribution in [2.24, 2.45) is 5.73 Å². The van der Waals surface area contributed by atoms with Gasteiger partial charge in [-0.3, -0.25) is 4.79 Å². The van der Waals surface area contributed by atoms with Crippen LogP contribution in [0.1, 0.15) is 23.2 Å². The van der Waals surface area contributed by atoms with Crippen LogP contribution in [0.3, 0.4) is 0 Å². The Kier molecular flexibility index (Phi) is 8.00. The number of rotatable bonds is 9. The number of hydrogen-bond donors (Lipinski definition) is 4. The molecule has 0 aromatic heterocycles. The summed E-state index contributed by atoms with van der Waals surface area (Å²) >= 11 is 0. The Morgan fingerprint density at radius 3 is 2.54 bits per heavy atom. The summed E-state index contributed by atoms with van der Waals surface area (Å²) in [4.78, 5) is 33.8. The maximum atomic E-state index is 11.9. The quantitative estimate of drug-likeness (QED) is 0.398. The molecule has 130 valence electrons. The number of nitrogens with two attached hydrogens (primary N) is 1. The molecule has 0 aliphatic carbocycles. The third kappa shape index (κ3) is 6.93. The van der Waals surface area contributed by atoms with E-state index in [1.54, 1.807) is 0 Å². The average molecular weight is 335 g/mol. The number of amides is 2. The van der Waals surface area contributed by atoms with E-state index in [0.717, 1.165) is 0 Å². The van der Waals surface area contributed by atoms with E-state index in [-0.39, 0.29) is 18.1 Å². The van der Waals surface area contributed by atoms with E-state index < -0.39 is 18.1 Å². The summed E-state index contributed by atoms with van der Waals surface area (Å²) < 4.78 is 4.73. The number of carbonyl (C=O) groups excluding carboxylic acids is 2. The number of anilines is 1. The molecule has 0 heterocycles. The number of hydrogen-bond acceptors (Lipinski definition) is 5. The number of nitrogens with one attached hydrogen (secondary N) is 2. The highest BCUT2D eigenvalue weighted by Crippen LogP contribution is 2.10. The van der Waals surface area contributed by atoms with Gasteiger partial charge in [-0.15, -0.1) is 0 Å². The molecule has 1 rings (SSSR count). The molecule has 8 nitrogen and oxygen atoms in total. The number of carbonyl (C=O) groups is 3. The lowest BCUT2D eigenvalue weighted by atomic mass is 10.1. The maximum Gasteiger partial charge on any atom is 0.407 e. The summed E-state index contributed by atoms with van der Waals surface area (Å²) in [7, 11) is 0. The highest BCUT2D eigenvalue weighted by Gasteiger charge is 2.13. The van der Waals surface area contributed by atoms with Crippen molar-refractivity contribution in [2.45, 2.75) is 18.9 Å². The smallest absolute Gasteiger partial charge is 0.407 e. The zero-order chi connectivity index (χ0) is 17.9. The standard InChI is InChI=1S/C16H21N3O5/c1-2-10-24-16(23)18-9-3-4-13(17)14(20)19-12-7-5-11(6-8-12)15(21)22/h2,5-8,13H,1,3-4,9-10,17H2,(H,18,23)(H,19,20)(H,21,22)/t13-/m0/s1. The van der Waals surface area contributed by atoms with E-state index in [4.69, 9.17) is 15.6 Å². The van der Waals surface area contributed by atoms with Gasteiger partial charge < -0.3 is 26.2 Å². The van der Waals surface area contributed by atoms with Crippen LogP contribution in [0.4, 0.5) is 10.5 Å². The highest BCUT2D eigenvalue weighted by molar-refractivity contribution is 5.95. The zero-order valence-corrected chi connectivity index (χ0v) is 13.2. The molecule has 0 aliphatic rings. The molecular formula is C16H21N3O5. The van der Waals surface area contributed by atoms with Gasteiger partial charge in [-0.05, 0) is 37.1 Å². The van der Waals surface area contributed by atoms with Crippen LogP contribution in [0.15, 0.2) is 36.9 Å². The van der Waals surface area contributed by atoms with Gasteiger partial charge in [-0.1, -0.05) is 12.7 Å². The van der Waals surface area contributed by atoms with Crippen molar-refractivity contribution in [2.75, 3.05) is 18.5 Å². The number of benzene rings is 1. The molecule has 5 N–H and O–H groups in total. The SMILES string of the molecule is C=CCOC(=O)NCCC[C@H](N)C(=O)Nc1ccc(C(=O)O)cc1. The van der Waals surface area contributed by atoms with E-state index in [1.807, 2.05) is 0 Å². The van der Waals surface area contributed by atoms with Gasteiger partial charge >= 0.3 is 12.1 Å². The van der Waals surface area contributed by atoms with Gasteiger partial charge in [0, 0.05) is 12.2 Å². The van der Waals surface area contributed by atoms with Crippen LogP contribution in [-0.4, -0.2) is 42.3 Å². The van der Waals surface area contributed by atoms with Crippen molar-refractivity contribution in [3.63, 3.8) is 0 Å². The second kappa shape index (κ2) is 10.0. The summed E-state index contributed by atoms with van der Waals surface area (Å²) in [6, 6.07) is 5.02. The summed E-state index contributed by atoms with van der Waals surface area (Å²) in [5.74, 6) is -1.42. The van der Waals surface area contributed by atoms with Crippen molar-refractivity contribution in [1.29, 1.82) is 0 Å². The minimum atomic E-state index is -1.04. The summed E-state index contributed by atoms with van der Waals surface area (Å²) in [5, 5.41) is 13.9. The lowest BCUT2D eigenvalue weighted by molar-refractivity contribution is -0.117. The predicted molar refractivity (Wildman–Crippen MR) is 88.8 cm³/mol. The minimum Gasteiger partial charge on any atom is -0.478 e. The van der Waals surface area contributed by atoms with Crippen molar-refractivity contribution < 1.29 is 24.2 Å². The molecule has 0 saturated heterocycles. The highest BCUT2D eigenvalue weighted by atomic mass is 16.5. The Balaban J connectivity index is 2.30. The predicted octanol–water partition coefficient (Wildman–Crippen LogP) is 1.34. The van der Waals surface area contributed by atoms with Crippen molar-refractivity contribution >= 4 is 23.7 Å². The summed E-state index contributed by atoms with van der Waals surface area (Å²) in [6.07, 6.45) is 1.80. The first-order valence-electron chi connectivity index (χ1n) is 7.35. The minimum absolute atomic E-state index is 0.131. The first-order chi connectivity index (χ1) is 11.4. The molecule has 0 radical (unpaired) electrons. The van der Waals surface area contributed by atoms with Gasteiger partial charge in [0.15, 0.2) is 0 Å². The van der Waals surface area contributed by atoms with Crippen LogP contribution in [-0.2, 0) is 9.53 Å². The molecule has 8 heteroatoms. The van der Waals surface area contributed by atoms with E-state index in [0.29, 0.717) is 25.1 Å². The third-order valence-corrected chi connectivity index (χ3v) is 3.03. The molecule has 0 spiro atoms. The van der Waals surface area contributed by atoms with Crippen LogP contribution in [0.25, 0.3) is 0 Å². The first-order valence-corrected chi connectivity index (χ1v) is 7.35. The lowest BCUT2D eigenvalue weighted by Gasteiger charge is -2.12. The Labute approximate surface area is 139 Å². The molecule has 0 saturated carbocycles. The molecule has 0 aliphatic heterocycles. The van der Waals surface area contributed by atoms with E-state index >= 15 is 0 Å². The second-order valence-corrected chi connectivity index (χ2v) is 4.93. The molecule has 24 heavy (non-hydrogen) atoms. The monoisotopic (exact) mass is 335 g/mol. The Bertz CT molecular complexity index is 586. The van der Waals surface area contributed by atoms with Crippen molar-refractivity contribution in [1.82, 2.24) is 5.32 Å². The lowest BCUT2D eigenvalue weighted by Crippen LogP contribution is -2.36.